The molecule has 2 nitrogen and oxygen atoms in total. The van der Waals surface area contributed by atoms with Crippen LogP contribution in [0.1, 0.15) is 49.4 Å². The van der Waals surface area contributed by atoms with Gasteiger partial charge in [0.05, 0.1) is 5.56 Å². The van der Waals surface area contributed by atoms with Gasteiger partial charge in [-0.1, -0.05) is 26.2 Å². The molecule has 1 fully saturated rings. The van der Waals surface area contributed by atoms with E-state index in [1.165, 1.54) is 37.8 Å². The Hall–Kier alpha value is -0.900. The summed E-state index contributed by atoms with van der Waals surface area (Å²) in [6.07, 6.45) is 6.18. The summed E-state index contributed by atoms with van der Waals surface area (Å²) in [5, 5.41) is 2.89. The molecule has 1 aromatic rings. The Balaban J connectivity index is 1.81. The molecule has 0 spiro atoms. The van der Waals surface area contributed by atoms with Crippen molar-refractivity contribution in [1.29, 1.82) is 0 Å². The van der Waals surface area contributed by atoms with Gasteiger partial charge in [-0.15, -0.1) is 0 Å². The average molecular weight is 342 g/mol. The summed E-state index contributed by atoms with van der Waals surface area (Å²) < 4.78 is 13.8. The summed E-state index contributed by atoms with van der Waals surface area (Å²) in [5.41, 5.74) is 0.363. The molecule has 1 N–H and O–H groups in total. The van der Waals surface area contributed by atoms with Crippen LogP contribution in [0, 0.1) is 17.7 Å². The molecule has 0 saturated heterocycles. The summed E-state index contributed by atoms with van der Waals surface area (Å²) in [6, 6.07) is 4.17. The highest BCUT2D eigenvalue weighted by atomic mass is 79.9. The molecule has 1 aliphatic carbocycles. The lowest BCUT2D eigenvalue weighted by molar-refractivity contribution is 0.0948. The second-order valence-electron chi connectivity index (χ2n) is 5.81. The Kier molecular flexibility index (Phi) is 5.58. The quantitative estimate of drug-likeness (QED) is 0.856. The molecule has 1 aliphatic rings. The Morgan fingerprint density at radius 2 is 2.25 bits per heavy atom. The minimum atomic E-state index is -0.389. The molecule has 1 amide bonds. The zero-order valence-electron chi connectivity index (χ0n) is 11.8. The van der Waals surface area contributed by atoms with Gasteiger partial charge in [-0.25, -0.2) is 4.39 Å². The maximum Gasteiger partial charge on any atom is 0.252 e. The normalized spacial score (nSPS) is 22.6. The Morgan fingerprint density at radius 1 is 1.45 bits per heavy atom. The van der Waals surface area contributed by atoms with Crippen LogP contribution in [0.4, 0.5) is 4.39 Å². The van der Waals surface area contributed by atoms with Gasteiger partial charge in [-0.2, -0.15) is 0 Å². The molecule has 1 saturated carbocycles. The molecular formula is C16H21BrFNO. The number of rotatable bonds is 4. The first kappa shape index (κ1) is 15.5. The SMILES string of the molecule is CC1CCCC(CCNC(=O)c2cc(F)ccc2Br)C1. The third-order valence-electron chi connectivity index (χ3n) is 4.06. The largest absolute Gasteiger partial charge is 0.352 e. The van der Waals surface area contributed by atoms with Gasteiger partial charge in [-0.3, -0.25) is 4.79 Å². The van der Waals surface area contributed by atoms with Gasteiger partial charge in [0, 0.05) is 11.0 Å². The Bertz CT molecular complexity index is 478. The third kappa shape index (κ3) is 4.30. The van der Waals surface area contributed by atoms with Crippen molar-refractivity contribution < 1.29 is 9.18 Å². The van der Waals surface area contributed by atoms with E-state index in [0.29, 0.717) is 16.6 Å². The van der Waals surface area contributed by atoms with Crippen LogP contribution in [-0.2, 0) is 0 Å². The molecule has 0 heterocycles. The van der Waals surface area contributed by atoms with Crippen molar-refractivity contribution in [1.82, 2.24) is 5.32 Å². The van der Waals surface area contributed by atoms with E-state index in [9.17, 15) is 9.18 Å². The molecule has 2 rings (SSSR count). The lowest BCUT2D eigenvalue weighted by Crippen LogP contribution is -2.27. The van der Waals surface area contributed by atoms with Crippen LogP contribution in [-0.4, -0.2) is 12.5 Å². The van der Waals surface area contributed by atoms with E-state index < -0.39 is 0 Å². The van der Waals surface area contributed by atoms with E-state index in [-0.39, 0.29) is 11.7 Å². The number of hydrogen-bond donors (Lipinski definition) is 1. The molecule has 1 aromatic carbocycles. The highest BCUT2D eigenvalue weighted by Gasteiger charge is 2.19. The molecule has 2 unspecified atom stereocenters. The summed E-state index contributed by atoms with van der Waals surface area (Å²) in [7, 11) is 0. The number of halogens is 2. The van der Waals surface area contributed by atoms with Crippen molar-refractivity contribution in [3.63, 3.8) is 0 Å². The standard InChI is InChI=1S/C16H21BrFNO/c1-11-3-2-4-12(9-11)7-8-19-16(20)14-10-13(18)5-6-15(14)17/h5-6,10-12H,2-4,7-9H2,1H3,(H,19,20). The molecular weight excluding hydrogens is 321 g/mol. The zero-order chi connectivity index (χ0) is 14.5. The van der Waals surface area contributed by atoms with Gasteiger partial charge in [0.2, 0.25) is 0 Å². The van der Waals surface area contributed by atoms with E-state index in [4.69, 9.17) is 0 Å². The number of carbonyl (C=O) groups excluding carboxylic acids is 1. The van der Waals surface area contributed by atoms with Crippen LogP contribution in [0.2, 0.25) is 0 Å². The predicted octanol–water partition coefficient (Wildman–Crippen LogP) is 4.53. The smallest absolute Gasteiger partial charge is 0.252 e. The van der Waals surface area contributed by atoms with Crippen molar-refractivity contribution >= 4 is 21.8 Å². The minimum Gasteiger partial charge on any atom is -0.352 e. The minimum absolute atomic E-state index is 0.208. The van der Waals surface area contributed by atoms with Crippen molar-refractivity contribution in [2.24, 2.45) is 11.8 Å². The summed E-state index contributed by atoms with van der Waals surface area (Å²) in [5.74, 6) is 0.927. The van der Waals surface area contributed by atoms with Gasteiger partial charge in [0.1, 0.15) is 5.82 Å². The van der Waals surface area contributed by atoms with Crippen molar-refractivity contribution in [2.75, 3.05) is 6.54 Å². The third-order valence-corrected chi connectivity index (χ3v) is 4.75. The molecule has 110 valence electrons. The molecule has 2 atom stereocenters. The second kappa shape index (κ2) is 7.21. The van der Waals surface area contributed by atoms with Crippen LogP contribution in [0.5, 0.6) is 0 Å². The number of benzene rings is 1. The average Bonchev–Trinajstić information content (AvgIpc) is 2.41. The van der Waals surface area contributed by atoms with Gasteiger partial charge >= 0.3 is 0 Å². The second-order valence-corrected chi connectivity index (χ2v) is 6.66. The topological polar surface area (TPSA) is 29.1 Å². The number of hydrogen-bond acceptors (Lipinski definition) is 1. The maximum atomic E-state index is 13.2. The fourth-order valence-electron chi connectivity index (χ4n) is 2.98. The molecule has 0 aromatic heterocycles. The molecule has 4 heteroatoms. The Morgan fingerprint density at radius 3 is 3.00 bits per heavy atom. The van der Waals surface area contributed by atoms with E-state index in [0.717, 1.165) is 18.3 Å². The van der Waals surface area contributed by atoms with Crippen LogP contribution in [0.15, 0.2) is 22.7 Å². The summed E-state index contributed by atoms with van der Waals surface area (Å²) in [6.45, 7) is 2.97. The van der Waals surface area contributed by atoms with E-state index in [2.05, 4.69) is 28.2 Å². The fourth-order valence-corrected chi connectivity index (χ4v) is 3.41. The van der Waals surface area contributed by atoms with Crippen molar-refractivity contribution in [3.05, 3.63) is 34.1 Å². The van der Waals surface area contributed by atoms with Crippen LogP contribution in [0.3, 0.4) is 0 Å². The van der Waals surface area contributed by atoms with E-state index in [1.807, 2.05) is 0 Å². The monoisotopic (exact) mass is 341 g/mol. The number of amides is 1. The maximum absolute atomic E-state index is 13.2. The fraction of sp³-hybridized carbons (Fsp3) is 0.562. The van der Waals surface area contributed by atoms with Crippen LogP contribution >= 0.6 is 15.9 Å². The molecule has 0 radical (unpaired) electrons. The highest BCUT2D eigenvalue weighted by molar-refractivity contribution is 9.10. The lowest BCUT2D eigenvalue weighted by atomic mass is 9.81. The van der Waals surface area contributed by atoms with Gasteiger partial charge in [0.25, 0.3) is 5.91 Å². The molecule has 20 heavy (non-hydrogen) atoms. The summed E-state index contributed by atoms with van der Waals surface area (Å²) in [4.78, 5) is 12.0. The Labute approximate surface area is 128 Å². The van der Waals surface area contributed by atoms with Crippen LogP contribution in [0.25, 0.3) is 0 Å². The molecule has 0 bridgehead atoms. The zero-order valence-corrected chi connectivity index (χ0v) is 13.4. The number of nitrogens with one attached hydrogen (secondary N) is 1. The van der Waals surface area contributed by atoms with E-state index >= 15 is 0 Å². The summed E-state index contributed by atoms with van der Waals surface area (Å²) >= 11 is 3.28. The first-order chi connectivity index (χ1) is 9.56. The van der Waals surface area contributed by atoms with Gasteiger partial charge in [-0.05, 0) is 58.8 Å². The predicted molar refractivity (Wildman–Crippen MR) is 82.2 cm³/mol. The first-order valence-corrected chi connectivity index (χ1v) is 8.09. The van der Waals surface area contributed by atoms with Crippen molar-refractivity contribution in [3.8, 4) is 0 Å². The molecule has 0 aliphatic heterocycles. The highest BCUT2D eigenvalue weighted by Crippen LogP contribution is 2.30. The van der Waals surface area contributed by atoms with Gasteiger partial charge in [0.15, 0.2) is 0 Å². The first-order valence-electron chi connectivity index (χ1n) is 7.29. The van der Waals surface area contributed by atoms with E-state index in [1.54, 1.807) is 6.07 Å². The van der Waals surface area contributed by atoms with Crippen molar-refractivity contribution in [2.45, 2.75) is 39.0 Å². The van der Waals surface area contributed by atoms with Gasteiger partial charge < -0.3 is 5.32 Å². The van der Waals surface area contributed by atoms with Crippen LogP contribution < -0.4 is 5.32 Å². The lowest BCUT2D eigenvalue weighted by Gasteiger charge is -2.26. The number of carbonyl (C=O) groups is 1.